The number of methoxy groups -OCH3 is 1. The van der Waals surface area contributed by atoms with Crippen LogP contribution < -0.4 is 14.8 Å². The summed E-state index contributed by atoms with van der Waals surface area (Å²) < 4.78 is 11.1. The van der Waals surface area contributed by atoms with Gasteiger partial charge in [-0.1, -0.05) is 41.9 Å². The van der Waals surface area contributed by atoms with Crippen LogP contribution in [-0.4, -0.2) is 19.8 Å². The third kappa shape index (κ3) is 6.77. The van der Waals surface area contributed by atoms with Gasteiger partial charge in [0.15, 0.2) is 11.5 Å². The highest BCUT2D eigenvalue weighted by Gasteiger charge is 2.13. The van der Waals surface area contributed by atoms with Crippen molar-refractivity contribution >= 4 is 24.0 Å². The van der Waals surface area contributed by atoms with Gasteiger partial charge in [-0.15, -0.1) is 12.4 Å². The van der Waals surface area contributed by atoms with Gasteiger partial charge in [0.05, 0.1) is 13.7 Å². The van der Waals surface area contributed by atoms with Gasteiger partial charge >= 0.3 is 0 Å². The molecule has 0 spiro atoms. The Bertz CT molecular complexity index is 635. The molecule has 1 N–H and O–H groups in total. The van der Waals surface area contributed by atoms with Crippen LogP contribution in [0.5, 0.6) is 11.5 Å². The average molecular weight is 384 g/mol. The van der Waals surface area contributed by atoms with Gasteiger partial charge in [-0.05, 0) is 38.3 Å². The smallest absolute Gasteiger partial charge is 0.165 e. The molecule has 0 aliphatic heterocycles. The summed E-state index contributed by atoms with van der Waals surface area (Å²) in [5, 5.41) is 4.21. The van der Waals surface area contributed by atoms with E-state index in [-0.39, 0.29) is 12.4 Å². The second-order valence-corrected chi connectivity index (χ2v) is 6.27. The Morgan fingerprint density at radius 3 is 2.52 bits per heavy atom. The minimum atomic E-state index is 0. The lowest BCUT2D eigenvalue weighted by Crippen LogP contribution is -2.26. The summed E-state index contributed by atoms with van der Waals surface area (Å²) in [7, 11) is 1.63. The van der Waals surface area contributed by atoms with Crippen molar-refractivity contribution < 1.29 is 9.47 Å². The number of hydrogen-bond donors (Lipinski definition) is 1. The van der Waals surface area contributed by atoms with E-state index in [4.69, 9.17) is 21.1 Å². The van der Waals surface area contributed by atoms with Gasteiger partial charge in [0.2, 0.25) is 0 Å². The van der Waals surface area contributed by atoms with E-state index in [1.807, 2.05) is 19.1 Å². The second kappa shape index (κ2) is 11.2. The Kier molecular flexibility index (Phi) is 9.73. The number of benzene rings is 2. The van der Waals surface area contributed by atoms with Crippen molar-refractivity contribution in [2.75, 3.05) is 13.7 Å². The first-order valence-electron chi connectivity index (χ1n) is 8.40. The van der Waals surface area contributed by atoms with Gasteiger partial charge in [-0.3, -0.25) is 0 Å². The van der Waals surface area contributed by atoms with Gasteiger partial charge < -0.3 is 14.8 Å². The van der Waals surface area contributed by atoms with Gasteiger partial charge in [-0.2, -0.15) is 0 Å². The fraction of sp³-hybridized carbons (Fsp3) is 0.400. The average Bonchev–Trinajstić information content (AvgIpc) is 2.60. The second-order valence-electron chi connectivity index (χ2n) is 5.84. The van der Waals surface area contributed by atoms with Gasteiger partial charge in [0.1, 0.15) is 0 Å². The summed E-state index contributed by atoms with van der Waals surface area (Å²) in [5.41, 5.74) is 2.39. The number of aryl methyl sites for hydroxylation is 1. The summed E-state index contributed by atoms with van der Waals surface area (Å²) in [6.45, 7) is 5.45. The van der Waals surface area contributed by atoms with Crippen LogP contribution in [0.25, 0.3) is 0 Å². The molecule has 2 aromatic carbocycles. The molecule has 0 heterocycles. The lowest BCUT2D eigenvalue weighted by atomic mass is 10.1. The van der Waals surface area contributed by atoms with Crippen LogP contribution in [0.3, 0.4) is 0 Å². The molecule has 0 saturated heterocycles. The van der Waals surface area contributed by atoms with Crippen LogP contribution >= 0.6 is 24.0 Å². The van der Waals surface area contributed by atoms with Crippen molar-refractivity contribution in [2.45, 2.75) is 39.3 Å². The van der Waals surface area contributed by atoms with Crippen molar-refractivity contribution in [3.8, 4) is 11.5 Å². The molecule has 0 amide bonds. The third-order valence-electron chi connectivity index (χ3n) is 3.95. The predicted molar refractivity (Wildman–Crippen MR) is 107 cm³/mol. The van der Waals surface area contributed by atoms with E-state index in [9.17, 15) is 0 Å². The van der Waals surface area contributed by atoms with Crippen molar-refractivity contribution in [1.29, 1.82) is 0 Å². The predicted octanol–water partition coefficient (Wildman–Crippen LogP) is 5.28. The molecule has 1 unspecified atom stereocenters. The molecule has 1 atom stereocenters. The maximum Gasteiger partial charge on any atom is 0.165 e. The van der Waals surface area contributed by atoms with Crippen molar-refractivity contribution in [2.24, 2.45) is 0 Å². The number of rotatable bonds is 9. The SMILES string of the molecule is CCOc1c(CNC(C)CCc2ccccc2)cc(Cl)cc1OC.Cl. The summed E-state index contributed by atoms with van der Waals surface area (Å²) >= 11 is 6.19. The van der Waals surface area contributed by atoms with Crippen LogP contribution in [0.4, 0.5) is 0 Å². The molecule has 0 fully saturated rings. The summed E-state index contributed by atoms with van der Waals surface area (Å²) in [4.78, 5) is 0. The van der Waals surface area contributed by atoms with E-state index >= 15 is 0 Å². The Morgan fingerprint density at radius 1 is 1.16 bits per heavy atom. The summed E-state index contributed by atoms with van der Waals surface area (Å²) in [6.07, 6.45) is 2.14. The van der Waals surface area contributed by atoms with E-state index < -0.39 is 0 Å². The van der Waals surface area contributed by atoms with E-state index in [1.165, 1.54) is 5.56 Å². The highest BCUT2D eigenvalue weighted by molar-refractivity contribution is 6.30. The first-order chi connectivity index (χ1) is 11.6. The monoisotopic (exact) mass is 383 g/mol. The third-order valence-corrected chi connectivity index (χ3v) is 4.17. The summed E-state index contributed by atoms with van der Waals surface area (Å²) in [5.74, 6) is 1.45. The number of halogens is 2. The van der Waals surface area contributed by atoms with Crippen LogP contribution in [0.1, 0.15) is 31.4 Å². The fourth-order valence-electron chi connectivity index (χ4n) is 2.63. The van der Waals surface area contributed by atoms with Crippen molar-refractivity contribution in [3.63, 3.8) is 0 Å². The standard InChI is InChI=1S/C20H26ClNO2.ClH/c1-4-24-20-17(12-18(21)13-19(20)23-3)14-22-15(2)10-11-16-8-6-5-7-9-16;/h5-9,12-13,15,22H,4,10-11,14H2,1-3H3;1H. The molecule has 0 aromatic heterocycles. The summed E-state index contributed by atoms with van der Waals surface area (Å²) in [6, 6.07) is 14.7. The molecule has 2 rings (SSSR count). The number of nitrogens with one attached hydrogen (secondary N) is 1. The zero-order valence-corrected chi connectivity index (χ0v) is 16.6. The highest BCUT2D eigenvalue weighted by Crippen LogP contribution is 2.34. The highest BCUT2D eigenvalue weighted by atomic mass is 35.5. The van der Waals surface area contributed by atoms with E-state index in [0.717, 1.165) is 24.2 Å². The van der Waals surface area contributed by atoms with Crippen LogP contribution in [0.15, 0.2) is 42.5 Å². The maximum absolute atomic E-state index is 6.19. The first-order valence-corrected chi connectivity index (χ1v) is 8.78. The molecule has 0 bridgehead atoms. The fourth-order valence-corrected chi connectivity index (χ4v) is 2.86. The molecule has 2 aromatic rings. The molecular formula is C20H27Cl2NO2. The zero-order chi connectivity index (χ0) is 17.4. The molecule has 0 radical (unpaired) electrons. The maximum atomic E-state index is 6.19. The molecule has 3 nitrogen and oxygen atoms in total. The Labute approximate surface area is 162 Å². The Morgan fingerprint density at radius 2 is 1.88 bits per heavy atom. The molecule has 0 aliphatic carbocycles. The topological polar surface area (TPSA) is 30.5 Å². The zero-order valence-electron chi connectivity index (χ0n) is 15.0. The van der Waals surface area contributed by atoms with Gasteiger partial charge in [-0.25, -0.2) is 0 Å². The van der Waals surface area contributed by atoms with Crippen molar-refractivity contribution in [1.82, 2.24) is 5.32 Å². The minimum absolute atomic E-state index is 0. The molecular weight excluding hydrogens is 357 g/mol. The van der Waals surface area contributed by atoms with E-state index in [0.29, 0.717) is 30.0 Å². The lowest BCUT2D eigenvalue weighted by Gasteiger charge is -2.18. The molecule has 0 aliphatic rings. The quantitative estimate of drug-likeness (QED) is 0.638. The molecule has 0 saturated carbocycles. The lowest BCUT2D eigenvalue weighted by molar-refractivity contribution is 0.306. The normalized spacial score (nSPS) is 11.5. The molecule has 138 valence electrons. The van der Waals surface area contributed by atoms with Crippen LogP contribution in [0, 0.1) is 0 Å². The van der Waals surface area contributed by atoms with Gasteiger partial charge in [0, 0.05) is 29.2 Å². The minimum Gasteiger partial charge on any atom is -0.493 e. The Balaban J connectivity index is 0.00000312. The first kappa shape index (κ1) is 21.6. The van der Waals surface area contributed by atoms with E-state index in [2.05, 4.69) is 36.5 Å². The van der Waals surface area contributed by atoms with Crippen LogP contribution in [0.2, 0.25) is 5.02 Å². The largest absolute Gasteiger partial charge is 0.493 e. The van der Waals surface area contributed by atoms with Gasteiger partial charge in [0.25, 0.3) is 0 Å². The van der Waals surface area contributed by atoms with E-state index in [1.54, 1.807) is 13.2 Å². The molecule has 5 heteroatoms. The molecule has 25 heavy (non-hydrogen) atoms. The number of ether oxygens (including phenoxy) is 2. The van der Waals surface area contributed by atoms with Crippen molar-refractivity contribution in [3.05, 3.63) is 58.6 Å². The number of hydrogen-bond acceptors (Lipinski definition) is 3. The Hall–Kier alpha value is -1.42. The van der Waals surface area contributed by atoms with Crippen LogP contribution in [-0.2, 0) is 13.0 Å².